The summed E-state index contributed by atoms with van der Waals surface area (Å²) in [5, 5.41) is 10.9. The van der Waals surface area contributed by atoms with Crippen molar-refractivity contribution in [3.05, 3.63) is 127 Å². The summed E-state index contributed by atoms with van der Waals surface area (Å²) in [4.78, 5) is 14.5. The Hall–Kier alpha value is -5.29. The van der Waals surface area contributed by atoms with Gasteiger partial charge >= 0.3 is 0 Å². The van der Waals surface area contributed by atoms with Gasteiger partial charge in [-0.25, -0.2) is 15.0 Å². The average Bonchev–Trinajstić information content (AvgIpc) is 3.04. The predicted octanol–water partition coefficient (Wildman–Crippen LogP) is 8.70. The number of ether oxygens (including phenoxy) is 1. The number of phenolic OH excluding ortho intramolecular Hbond substituents is 1. The van der Waals surface area contributed by atoms with Crippen LogP contribution in [-0.2, 0) is 0 Å². The van der Waals surface area contributed by atoms with E-state index in [1.54, 1.807) is 12.1 Å². The van der Waals surface area contributed by atoms with Gasteiger partial charge in [0, 0.05) is 17.2 Å². The molecule has 200 valence electrons. The third-order valence-electron chi connectivity index (χ3n) is 6.82. The van der Waals surface area contributed by atoms with Crippen molar-refractivity contribution in [2.45, 2.75) is 13.3 Å². The van der Waals surface area contributed by atoms with Crippen LogP contribution in [0.2, 0.25) is 0 Å². The van der Waals surface area contributed by atoms with Crippen LogP contribution in [0.5, 0.6) is 11.5 Å². The number of hydrogen-bond acceptors (Lipinski definition) is 5. The van der Waals surface area contributed by atoms with E-state index in [0.29, 0.717) is 35.4 Å². The topological polar surface area (TPSA) is 68.1 Å². The van der Waals surface area contributed by atoms with Crippen molar-refractivity contribution in [2.24, 2.45) is 0 Å². The number of benzene rings is 5. The van der Waals surface area contributed by atoms with Gasteiger partial charge in [-0.3, -0.25) is 0 Å². The summed E-state index contributed by atoms with van der Waals surface area (Å²) >= 11 is 0. The Kier molecular flexibility index (Phi) is 7.50. The van der Waals surface area contributed by atoms with Gasteiger partial charge in [0.2, 0.25) is 0 Å². The minimum atomic E-state index is 0.0561. The summed E-state index contributed by atoms with van der Waals surface area (Å²) in [5.74, 6) is 2.12. The second-order valence-electron chi connectivity index (χ2n) is 9.72. The maximum atomic E-state index is 10.9. The molecule has 6 rings (SSSR count). The lowest BCUT2D eigenvalue weighted by molar-refractivity contribution is 0.315. The van der Waals surface area contributed by atoms with Gasteiger partial charge in [-0.05, 0) is 40.8 Å². The Morgan fingerprint density at radius 2 is 0.951 bits per heavy atom. The molecule has 1 aromatic heterocycles. The fourth-order valence-electron chi connectivity index (χ4n) is 4.65. The summed E-state index contributed by atoms with van der Waals surface area (Å²) in [7, 11) is 0. The lowest BCUT2D eigenvalue weighted by Gasteiger charge is -2.11. The molecule has 0 spiro atoms. The summed E-state index contributed by atoms with van der Waals surface area (Å²) in [6.45, 7) is 2.62. The van der Waals surface area contributed by atoms with Gasteiger partial charge in [-0.1, -0.05) is 116 Å². The third kappa shape index (κ3) is 5.85. The Morgan fingerprint density at radius 1 is 0.512 bits per heavy atom. The molecule has 0 aliphatic rings. The molecule has 0 aliphatic heterocycles. The molecule has 5 aromatic carbocycles. The van der Waals surface area contributed by atoms with Crippen LogP contribution in [0, 0.1) is 0 Å². The fourth-order valence-corrected chi connectivity index (χ4v) is 4.65. The van der Waals surface area contributed by atoms with Crippen molar-refractivity contribution < 1.29 is 9.84 Å². The zero-order valence-electron chi connectivity index (χ0n) is 22.7. The van der Waals surface area contributed by atoms with E-state index in [1.807, 2.05) is 73.7 Å². The van der Waals surface area contributed by atoms with Crippen LogP contribution in [-0.4, -0.2) is 26.7 Å². The molecule has 0 saturated heterocycles. The monoisotopic (exact) mass is 535 g/mol. The molecule has 0 radical (unpaired) electrons. The maximum Gasteiger partial charge on any atom is 0.167 e. The van der Waals surface area contributed by atoms with E-state index in [9.17, 15) is 5.11 Å². The molecule has 0 saturated carbocycles. The summed E-state index contributed by atoms with van der Waals surface area (Å²) < 4.78 is 5.70. The normalized spacial score (nSPS) is 10.9. The summed E-state index contributed by atoms with van der Waals surface area (Å²) in [5.41, 5.74) is 6.74. The molecule has 0 fully saturated rings. The molecular formula is C36H29N3O2. The van der Waals surface area contributed by atoms with Crippen molar-refractivity contribution >= 4 is 0 Å². The highest BCUT2D eigenvalue weighted by molar-refractivity contribution is 5.73. The molecule has 5 heteroatoms. The SMILES string of the molecule is CCCOc1ccc(-c2nc(-c3ccc(-c4ccccc4)cc3)nc(-c3ccc(-c4ccccc4)cc3)n2)c(O)c1. The molecule has 0 atom stereocenters. The number of phenols is 1. The third-order valence-corrected chi connectivity index (χ3v) is 6.82. The molecule has 6 aromatic rings. The van der Waals surface area contributed by atoms with E-state index in [-0.39, 0.29) is 5.75 Å². The van der Waals surface area contributed by atoms with Gasteiger partial charge in [0.1, 0.15) is 11.5 Å². The van der Waals surface area contributed by atoms with Crippen LogP contribution in [0.4, 0.5) is 0 Å². The van der Waals surface area contributed by atoms with Crippen LogP contribution in [0.1, 0.15) is 13.3 Å². The van der Waals surface area contributed by atoms with E-state index >= 15 is 0 Å². The standard InChI is InChI=1S/C36H29N3O2/c1-2-23-41-31-21-22-32(33(40)24-31)36-38-34(29-17-13-27(14-18-29)25-9-5-3-6-10-25)37-35(39-36)30-19-15-28(16-20-30)26-11-7-4-8-12-26/h3-22,24,40H,2,23H2,1H3. The second kappa shape index (κ2) is 11.8. The molecular weight excluding hydrogens is 506 g/mol. The lowest BCUT2D eigenvalue weighted by Crippen LogP contribution is -2.01. The molecule has 0 amide bonds. The quantitative estimate of drug-likeness (QED) is 0.211. The fraction of sp³-hybridized carbons (Fsp3) is 0.0833. The maximum absolute atomic E-state index is 10.9. The number of hydrogen-bond donors (Lipinski definition) is 1. The zero-order valence-corrected chi connectivity index (χ0v) is 22.7. The van der Waals surface area contributed by atoms with E-state index in [2.05, 4.69) is 48.5 Å². The highest BCUT2D eigenvalue weighted by Crippen LogP contribution is 2.33. The van der Waals surface area contributed by atoms with Crippen LogP contribution in [0.25, 0.3) is 56.4 Å². The molecule has 0 unspecified atom stereocenters. The Balaban J connectivity index is 1.41. The number of aromatic hydroxyl groups is 1. The van der Waals surface area contributed by atoms with Crippen molar-refractivity contribution in [1.82, 2.24) is 15.0 Å². The van der Waals surface area contributed by atoms with Crippen LogP contribution in [0.3, 0.4) is 0 Å². The van der Waals surface area contributed by atoms with Crippen molar-refractivity contribution in [3.8, 4) is 67.9 Å². The highest BCUT2D eigenvalue weighted by atomic mass is 16.5. The molecule has 0 bridgehead atoms. The first-order valence-corrected chi connectivity index (χ1v) is 13.7. The van der Waals surface area contributed by atoms with E-state index in [0.717, 1.165) is 39.8 Å². The first kappa shape index (κ1) is 26.0. The largest absolute Gasteiger partial charge is 0.507 e. The predicted molar refractivity (Wildman–Crippen MR) is 164 cm³/mol. The molecule has 5 nitrogen and oxygen atoms in total. The number of rotatable bonds is 8. The first-order chi connectivity index (χ1) is 20.2. The lowest BCUT2D eigenvalue weighted by atomic mass is 10.0. The van der Waals surface area contributed by atoms with Gasteiger partial charge in [0.25, 0.3) is 0 Å². The Bertz CT molecular complexity index is 1650. The Morgan fingerprint density at radius 3 is 1.41 bits per heavy atom. The minimum Gasteiger partial charge on any atom is -0.507 e. The summed E-state index contributed by atoms with van der Waals surface area (Å²) in [6, 6.07) is 42.1. The van der Waals surface area contributed by atoms with Crippen LogP contribution >= 0.6 is 0 Å². The zero-order chi connectivity index (χ0) is 28.0. The van der Waals surface area contributed by atoms with Crippen molar-refractivity contribution in [2.75, 3.05) is 6.61 Å². The van der Waals surface area contributed by atoms with Crippen molar-refractivity contribution in [3.63, 3.8) is 0 Å². The van der Waals surface area contributed by atoms with Crippen molar-refractivity contribution in [1.29, 1.82) is 0 Å². The highest BCUT2D eigenvalue weighted by Gasteiger charge is 2.16. The van der Waals surface area contributed by atoms with Crippen LogP contribution < -0.4 is 4.74 Å². The van der Waals surface area contributed by atoms with Gasteiger partial charge in [0.15, 0.2) is 17.5 Å². The van der Waals surface area contributed by atoms with Gasteiger partial charge in [-0.2, -0.15) is 0 Å². The minimum absolute atomic E-state index is 0.0561. The Labute approximate surface area is 239 Å². The molecule has 1 N–H and O–H groups in total. The first-order valence-electron chi connectivity index (χ1n) is 13.7. The molecule has 1 heterocycles. The molecule has 41 heavy (non-hydrogen) atoms. The van der Waals surface area contributed by atoms with Gasteiger partial charge < -0.3 is 9.84 Å². The van der Waals surface area contributed by atoms with Gasteiger partial charge in [-0.15, -0.1) is 0 Å². The summed E-state index contributed by atoms with van der Waals surface area (Å²) in [6.07, 6.45) is 0.884. The van der Waals surface area contributed by atoms with E-state index in [1.165, 1.54) is 0 Å². The smallest absolute Gasteiger partial charge is 0.167 e. The number of nitrogens with zero attached hydrogens (tertiary/aromatic N) is 3. The average molecular weight is 536 g/mol. The van der Waals surface area contributed by atoms with Gasteiger partial charge in [0.05, 0.1) is 12.2 Å². The van der Waals surface area contributed by atoms with E-state index < -0.39 is 0 Å². The molecule has 0 aliphatic carbocycles. The second-order valence-corrected chi connectivity index (χ2v) is 9.72. The van der Waals surface area contributed by atoms with E-state index in [4.69, 9.17) is 19.7 Å². The number of aromatic nitrogens is 3. The van der Waals surface area contributed by atoms with Crippen LogP contribution in [0.15, 0.2) is 127 Å².